The highest BCUT2D eigenvalue weighted by Crippen LogP contribution is 2.35. The SMILES string of the molecule is O=C(c1ccc([N+](=O)[O-])cc1N1CCC(F)(F)C1)N1CCS(=O)(=O)CC1. The zero-order valence-corrected chi connectivity index (χ0v) is 14.5. The van der Waals surface area contributed by atoms with Crippen LogP contribution in [0.3, 0.4) is 0 Å². The normalized spacial score (nSPS) is 21.6. The fraction of sp³-hybridized carbons (Fsp3) is 0.533. The van der Waals surface area contributed by atoms with E-state index in [4.69, 9.17) is 0 Å². The van der Waals surface area contributed by atoms with E-state index >= 15 is 0 Å². The number of carbonyl (C=O) groups is 1. The van der Waals surface area contributed by atoms with Crippen LogP contribution in [0.2, 0.25) is 0 Å². The quantitative estimate of drug-likeness (QED) is 0.571. The second-order valence-electron chi connectivity index (χ2n) is 6.43. The lowest BCUT2D eigenvalue weighted by atomic mass is 10.1. The van der Waals surface area contributed by atoms with Gasteiger partial charge in [0.2, 0.25) is 0 Å². The summed E-state index contributed by atoms with van der Waals surface area (Å²) in [5.41, 5.74) is -0.157. The van der Waals surface area contributed by atoms with Crippen molar-refractivity contribution in [2.45, 2.75) is 12.3 Å². The average molecular weight is 389 g/mol. The summed E-state index contributed by atoms with van der Waals surface area (Å²) in [4.78, 5) is 25.7. The average Bonchev–Trinajstić information content (AvgIpc) is 2.93. The molecular weight excluding hydrogens is 372 g/mol. The summed E-state index contributed by atoms with van der Waals surface area (Å²) in [7, 11) is -3.18. The van der Waals surface area contributed by atoms with Gasteiger partial charge in [0.15, 0.2) is 9.84 Å². The molecule has 2 aliphatic heterocycles. The van der Waals surface area contributed by atoms with Crippen LogP contribution in [0.4, 0.5) is 20.2 Å². The van der Waals surface area contributed by atoms with E-state index in [0.29, 0.717) is 0 Å². The van der Waals surface area contributed by atoms with Crippen molar-refractivity contribution < 1.29 is 26.9 Å². The molecule has 0 aromatic heterocycles. The molecular formula is C15H17F2N3O5S. The van der Waals surface area contributed by atoms with Gasteiger partial charge in [-0.2, -0.15) is 0 Å². The van der Waals surface area contributed by atoms with Crippen LogP contribution in [0.5, 0.6) is 0 Å². The minimum atomic E-state index is -3.18. The summed E-state index contributed by atoms with van der Waals surface area (Å²) in [6.07, 6.45) is -0.398. The maximum atomic E-state index is 13.6. The van der Waals surface area contributed by atoms with Crippen LogP contribution in [0, 0.1) is 10.1 Å². The van der Waals surface area contributed by atoms with Crippen molar-refractivity contribution in [3.8, 4) is 0 Å². The number of hydrogen-bond donors (Lipinski definition) is 0. The van der Waals surface area contributed by atoms with Gasteiger partial charge in [0.25, 0.3) is 17.5 Å². The van der Waals surface area contributed by atoms with Gasteiger partial charge in [-0.1, -0.05) is 0 Å². The van der Waals surface area contributed by atoms with Crippen LogP contribution in [0.15, 0.2) is 18.2 Å². The molecule has 0 saturated carbocycles. The van der Waals surface area contributed by atoms with Crippen LogP contribution in [-0.2, 0) is 9.84 Å². The molecule has 2 heterocycles. The molecule has 0 radical (unpaired) electrons. The molecule has 142 valence electrons. The van der Waals surface area contributed by atoms with Crippen molar-refractivity contribution in [3.05, 3.63) is 33.9 Å². The topological polar surface area (TPSA) is 101 Å². The molecule has 2 saturated heterocycles. The summed E-state index contributed by atoms with van der Waals surface area (Å²) in [6.45, 7) is -0.632. The van der Waals surface area contributed by atoms with E-state index in [9.17, 15) is 32.1 Å². The van der Waals surface area contributed by atoms with Gasteiger partial charge in [-0.15, -0.1) is 0 Å². The Morgan fingerprint density at radius 3 is 2.38 bits per heavy atom. The highest BCUT2D eigenvalue weighted by atomic mass is 32.2. The second kappa shape index (κ2) is 6.45. The number of amides is 1. The molecule has 8 nitrogen and oxygen atoms in total. The lowest BCUT2D eigenvalue weighted by Crippen LogP contribution is -2.44. The van der Waals surface area contributed by atoms with Gasteiger partial charge >= 0.3 is 0 Å². The van der Waals surface area contributed by atoms with E-state index in [1.807, 2.05) is 0 Å². The Bertz CT molecular complexity index is 845. The fourth-order valence-electron chi connectivity index (χ4n) is 3.10. The number of nitro groups is 1. The first-order valence-corrected chi connectivity index (χ1v) is 9.81. The van der Waals surface area contributed by atoms with Crippen LogP contribution in [0.25, 0.3) is 0 Å². The highest BCUT2D eigenvalue weighted by molar-refractivity contribution is 7.91. The monoisotopic (exact) mass is 389 g/mol. The van der Waals surface area contributed by atoms with Crippen LogP contribution in [0.1, 0.15) is 16.8 Å². The lowest BCUT2D eigenvalue weighted by molar-refractivity contribution is -0.384. The maximum Gasteiger partial charge on any atom is 0.271 e. The molecule has 3 rings (SSSR count). The number of halogens is 2. The number of hydrogen-bond acceptors (Lipinski definition) is 6. The second-order valence-corrected chi connectivity index (χ2v) is 8.73. The summed E-state index contributed by atoms with van der Waals surface area (Å²) in [6, 6.07) is 3.51. The third-order valence-corrected chi connectivity index (χ3v) is 6.17. The van der Waals surface area contributed by atoms with E-state index in [2.05, 4.69) is 0 Å². The number of rotatable bonds is 3. The van der Waals surface area contributed by atoms with Crippen molar-refractivity contribution in [3.63, 3.8) is 0 Å². The number of sulfone groups is 1. The Kier molecular flexibility index (Phi) is 4.59. The zero-order valence-electron chi connectivity index (χ0n) is 13.7. The van der Waals surface area contributed by atoms with Crippen molar-refractivity contribution in [1.82, 2.24) is 4.90 Å². The fourth-order valence-corrected chi connectivity index (χ4v) is 4.30. The largest absolute Gasteiger partial charge is 0.364 e. The Balaban J connectivity index is 1.93. The molecule has 0 N–H and O–H groups in total. The van der Waals surface area contributed by atoms with Gasteiger partial charge in [0.1, 0.15) is 0 Å². The molecule has 0 atom stereocenters. The van der Waals surface area contributed by atoms with E-state index in [1.165, 1.54) is 15.9 Å². The van der Waals surface area contributed by atoms with Gasteiger partial charge < -0.3 is 9.80 Å². The van der Waals surface area contributed by atoms with Gasteiger partial charge in [0, 0.05) is 38.2 Å². The van der Waals surface area contributed by atoms with Gasteiger partial charge in [-0.3, -0.25) is 14.9 Å². The molecule has 26 heavy (non-hydrogen) atoms. The number of alkyl halides is 2. The van der Waals surface area contributed by atoms with Crippen molar-refractivity contribution in [1.29, 1.82) is 0 Å². The van der Waals surface area contributed by atoms with Crippen LogP contribution in [-0.4, -0.2) is 67.8 Å². The number of nitro benzene ring substituents is 1. The Morgan fingerprint density at radius 2 is 1.85 bits per heavy atom. The molecule has 0 aliphatic carbocycles. The molecule has 2 fully saturated rings. The Hall–Kier alpha value is -2.30. The minimum Gasteiger partial charge on any atom is -0.364 e. The number of non-ortho nitro benzene ring substituents is 1. The predicted octanol–water partition coefficient (Wildman–Crippen LogP) is 1.31. The van der Waals surface area contributed by atoms with Crippen molar-refractivity contribution >= 4 is 27.1 Å². The summed E-state index contributed by atoms with van der Waals surface area (Å²) in [5, 5.41) is 11.0. The van der Waals surface area contributed by atoms with Crippen molar-refractivity contribution in [2.24, 2.45) is 0 Å². The summed E-state index contributed by atoms with van der Waals surface area (Å²) >= 11 is 0. The smallest absolute Gasteiger partial charge is 0.271 e. The predicted molar refractivity (Wildman–Crippen MR) is 89.4 cm³/mol. The molecule has 0 bridgehead atoms. The standard InChI is InChI=1S/C15H17F2N3O5S/c16-15(17)3-4-19(10-15)13-9-11(20(22)23)1-2-12(13)14(21)18-5-7-26(24,25)8-6-18/h1-2,9H,3-8,10H2. The molecule has 1 aromatic rings. The number of benzene rings is 1. The zero-order chi connectivity index (χ0) is 19.1. The first-order chi connectivity index (χ1) is 12.1. The highest BCUT2D eigenvalue weighted by Gasteiger charge is 2.40. The van der Waals surface area contributed by atoms with Crippen LogP contribution >= 0.6 is 0 Å². The molecule has 0 unspecified atom stereocenters. The molecule has 1 aromatic carbocycles. The first kappa shape index (κ1) is 18.5. The number of anilines is 1. The van der Waals surface area contributed by atoms with E-state index in [1.54, 1.807) is 0 Å². The third-order valence-electron chi connectivity index (χ3n) is 4.56. The Labute approximate surface area is 148 Å². The third kappa shape index (κ3) is 3.76. The van der Waals surface area contributed by atoms with E-state index in [-0.39, 0.29) is 48.1 Å². The number of carbonyl (C=O) groups excluding carboxylic acids is 1. The first-order valence-electron chi connectivity index (χ1n) is 7.99. The minimum absolute atomic E-state index is 0.00769. The molecule has 0 spiro atoms. The number of nitrogens with zero attached hydrogens (tertiary/aromatic N) is 3. The molecule has 2 aliphatic rings. The molecule has 11 heteroatoms. The molecule has 1 amide bonds. The van der Waals surface area contributed by atoms with Gasteiger partial charge in [-0.25, -0.2) is 17.2 Å². The maximum absolute atomic E-state index is 13.6. The van der Waals surface area contributed by atoms with Gasteiger partial charge in [-0.05, 0) is 6.07 Å². The van der Waals surface area contributed by atoms with Crippen LogP contribution < -0.4 is 4.90 Å². The Morgan fingerprint density at radius 1 is 1.19 bits per heavy atom. The van der Waals surface area contributed by atoms with Gasteiger partial charge in [0.05, 0.1) is 34.2 Å². The summed E-state index contributed by atoms with van der Waals surface area (Å²) < 4.78 is 50.2. The van der Waals surface area contributed by atoms with E-state index < -0.39 is 39.6 Å². The van der Waals surface area contributed by atoms with Crippen molar-refractivity contribution in [2.75, 3.05) is 42.6 Å². The lowest BCUT2D eigenvalue weighted by Gasteiger charge is -2.29. The van der Waals surface area contributed by atoms with E-state index in [0.717, 1.165) is 12.1 Å². The summed E-state index contributed by atoms with van der Waals surface area (Å²) in [5.74, 6) is -3.77.